The second-order valence-electron chi connectivity index (χ2n) is 9.10. The smallest absolute Gasteiger partial charge is 0.143 e. The molecule has 1 saturated heterocycles. The SMILES string of the molecule is COc1ccccc1N1CCN(CCC(C(=O)C2CCCCC2)c2ccccc2F)CC1. The molecule has 2 aromatic rings. The Kier molecular flexibility index (Phi) is 7.80. The number of hydrogen-bond donors (Lipinski definition) is 0. The Bertz CT molecular complexity index is 889. The predicted octanol–water partition coefficient (Wildman–Crippen LogP) is 5.28. The van der Waals surface area contributed by atoms with Gasteiger partial charge in [0.1, 0.15) is 17.3 Å². The van der Waals surface area contributed by atoms with E-state index in [9.17, 15) is 9.18 Å². The maximum Gasteiger partial charge on any atom is 0.143 e. The van der Waals surface area contributed by atoms with Crippen LogP contribution in [0.1, 0.15) is 50.0 Å². The average molecular weight is 439 g/mol. The number of para-hydroxylation sites is 2. The Labute approximate surface area is 191 Å². The van der Waals surface area contributed by atoms with Gasteiger partial charge < -0.3 is 9.64 Å². The molecule has 5 heteroatoms. The third-order valence-corrected chi connectivity index (χ3v) is 7.16. The number of rotatable bonds is 8. The molecule has 0 N–H and O–H groups in total. The normalized spacial score (nSPS) is 19.0. The van der Waals surface area contributed by atoms with Crippen molar-refractivity contribution < 1.29 is 13.9 Å². The second-order valence-corrected chi connectivity index (χ2v) is 9.10. The van der Waals surface area contributed by atoms with Gasteiger partial charge in [0.25, 0.3) is 0 Å². The van der Waals surface area contributed by atoms with Crippen LogP contribution in [0.4, 0.5) is 10.1 Å². The summed E-state index contributed by atoms with van der Waals surface area (Å²) in [7, 11) is 1.71. The molecule has 4 rings (SSSR count). The number of carbonyl (C=O) groups is 1. The molecule has 1 aliphatic heterocycles. The highest BCUT2D eigenvalue weighted by Crippen LogP contribution is 2.34. The van der Waals surface area contributed by atoms with E-state index in [1.807, 2.05) is 24.3 Å². The third-order valence-electron chi connectivity index (χ3n) is 7.16. The lowest BCUT2D eigenvalue weighted by molar-refractivity contribution is -0.125. The van der Waals surface area contributed by atoms with Gasteiger partial charge in [-0.15, -0.1) is 0 Å². The Morgan fingerprint density at radius 3 is 2.41 bits per heavy atom. The fourth-order valence-corrected chi connectivity index (χ4v) is 5.30. The Morgan fingerprint density at radius 1 is 1.00 bits per heavy atom. The number of methoxy groups -OCH3 is 1. The van der Waals surface area contributed by atoms with E-state index in [0.29, 0.717) is 12.0 Å². The quantitative estimate of drug-likeness (QED) is 0.561. The summed E-state index contributed by atoms with van der Waals surface area (Å²) in [5.41, 5.74) is 1.71. The van der Waals surface area contributed by atoms with Crippen molar-refractivity contribution in [3.05, 3.63) is 59.9 Å². The van der Waals surface area contributed by atoms with Crippen molar-refractivity contribution in [3.63, 3.8) is 0 Å². The number of anilines is 1. The number of benzene rings is 2. The van der Waals surface area contributed by atoms with Gasteiger partial charge in [-0.2, -0.15) is 0 Å². The molecule has 0 amide bonds. The van der Waals surface area contributed by atoms with E-state index < -0.39 is 0 Å². The number of ketones is 1. The molecular formula is C27H35FN2O2. The molecule has 1 unspecified atom stereocenters. The molecule has 2 fully saturated rings. The number of Topliss-reactive ketones (excluding diaryl/α,β-unsaturated/α-hetero) is 1. The van der Waals surface area contributed by atoms with Gasteiger partial charge in [0.2, 0.25) is 0 Å². The summed E-state index contributed by atoms with van der Waals surface area (Å²) in [6.45, 7) is 4.51. The van der Waals surface area contributed by atoms with Crippen LogP contribution in [-0.2, 0) is 4.79 Å². The van der Waals surface area contributed by atoms with Gasteiger partial charge >= 0.3 is 0 Å². The fraction of sp³-hybridized carbons (Fsp3) is 0.519. The van der Waals surface area contributed by atoms with Crippen molar-refractivity contribution >= 4 is 11.5 Å². The molecule has 4 nitrogen and oxygen atoms in total. The van der Waals surface area contributed by atoms with Gasteiger partial charge in [-0.3, -0.25) is 9.69 Å². The van der Waals surface area contributed by atoms with Crippen LogP contribution >= 0.6 is 0 Å². The first-order valence-corrected chi connectivity index (χ1v) is 12.1. The van der Waals surface area contributed by atoms with Gasteiger partial charge in [-0.25, -0.2) is 4.39 Å². The molecule has 1 aliphatic carbocycles. The van der Waals surface area contributed by atoms with Gasteiger partial charge in [0.15, 0.2) is 0 Å². The zero-order valence-electron chi connectivity index (χ0n) is 19.1. The van der Waals surface area contributed by atoms with Crippen LogP contribution in [-0.4, -0.2) is 50.5 Å². The van der Waals surface area contributed by atoms with Crippen molar-refractivity contribution in [3.8, 4) is 5.75 Å². The van der Waals surface area contributed by atoms with Crippen molar-refractivity contribution in [2.45, 2.75) is 44.4 Å². The summed E-state index contributed by atoms with van der Waals surface area (Å²) in [5, 5.41) is 0. The monoisotopic (exact) mass is 438 g/mol. The average Bonchev–Trinajstić information content (AvgIpc) is 2.86. The molecule has 0 radical (unpaired) electrons. The predicted molar refractivity (Wildman–Crippen MR) is 127 cm³/mol. The molecule has 2 aromatic carbocycles. The van der Waals surface area contributed by atoms with Crippen LogP contribution in [0.5, 0.6) is 5.75 Å². The van der Waals surface area contributed by atoms with E-state index in [0.717, 1.165) is 69.8 Å². The number of hydrogen-bond acceptors (Lipinski definition) is 4. The number of nitrogens with zero attached hydrogens (tertiary/aromatic N) is 2. The topological polar surface area (TPSA) is 32.8 Å². The maximum absolute atomic E-state index is 14.7. The van der Waals surface area contributed by atoms with Crippen LogP contribution in [0.15, 0.2) is 48.5 Å². The van der Waals surface area contributed by atoms with Crippen LogP contribution in [0.25, 0.3) is 0 Å². The largest absolute Gasteiger partial charge is 0.495 e. The molecule has 172 valence electrons. The summed E-state index contributed by atoms with van der Waals surface area (Å²) in [6.07, 6.45) is 6.05. The molecule has 0 spiro atoms. The van der Waals surface area contributed by atoms with Gasteiger partial charge in [0.05, 0.1) is 12.8 Å². The minimum atomic E-state index is -0.341. The minimum Gasteiger partial charge on any atom is -0.495 e. The fourth-order valence-electron chi connectivity index (χ4n) is 5.30. The number of ether oxygens (including phenoxy) is 1. The van der Waals surface area contributed by atoms with E-state index in [1.54, 1.807) is 19.2 Å². The highest BCUT2D eigenvalue weighted by Gasteiger charge is 2.31. The summed E-state index contributed by atoms with van der Waals surface area (Å²) in [5.74, 6) is 0.658. The summed E-state index contributed by atoms with van der Waals surface area (Å²) >= 11 is 0. The molecule has 2 aliphatic rings. The van der Waals surface area contributed by atoms with E-state index in [4.69, 9.17) is 4.74 Å². The lowest BCUT2D eigenvalue weighted by atomic mass is 9.78. The summed E-state index contributed by atoms with van der Waals surface area (Å²) in [4.78, 5) is 18.2. The molecule has 1 heterocycles. The lowest BCUT2D eigenvalue weighted by Crippen LogP contribution is -2.47. The first-order valence-electron chi connectivity index (χ1n) is 12.1. The summed E-state index contributed by atoms with van der Waals surface area (Å²) in [6, 6.07) is 15.0. The Balaban J connectivity index is 1.39. The van der Waals surface area contributed by atoms with E-state index >= 15 is 0 Å². The van der Waals surface area contributed by atoms with Crippen LogP contribution in [0.3, 0.4) is 0 Å². The third kappa shape index (κ3) is 5.32. The van der Waals surface area contributed by atoms with Crippen LogP contribution in [0, 0.1) is 11.7 Å². The second kappa shape index (κ2) is 11.0. The standard InChI is InChI=1S/C27H35FN2O2/c1-32-26-14-8-7-13-25(26)30-19-17-29(18-20-30)16-15-23(22-11-5-6-12-24(22)28)27(31)21-9-3-2-4-10-21/h5-8,11-14,21,23H,2-4,9-10,15-20H2,1H3. The lowest BCUT2D eigenvalue weighted by Gasteiger charge is -2.37. The van der Waals surface area contributed by atoms with Crippen molar-refractivity contribution in [1.29, 1.82) is 0 Å². The first-order chi connectivity index (χ1) is 15.7. The van der Waals surface area contributed by atoms with Crippen LogP contribution < -0.4 is 9.64 Å². The Morgan fingerprint density at radius 2 is 1.69 bits per heavy atom. The number of halogens is 1. The van der Waals surface area contributed by atoms with Gasteiger partial charge in [-0.1, -0.05) is 49.6 Å². The minimum absolute atomic E-state index is 0.0933. The number of carbonyl (C=O) groups excluding carboxylic acids is 1. The van der Waals surface area contributed by atoms with E-state index in [1.165, 1.54) is 12.5 Å². The molecule has 1 saturated carbocycles. The molecule has 0 aromatic heterocycles. The summed E-state index contributed by atoms with van der Waals surface area (Å²) < 4.78 is 20.2. The highest BCUT2D eigenvalue weighted by molar-refractivity contribution is 5.88. The maximum atomic E-state index is 14.7. The van der Waals surface area contributed by atoms with Gasteiger partial charge in [-0.05, 0) is 49.6 Å². The van der Waals surface area contributed by atoms with Gasteiger partial charge in [0, 0.05) is 38.0 Å². The Hall–Kier alpha value is -2.40. The van der Waals surface area contributed by atoms with Crippen molar-refractivity contribution in [2.24, 2.45) is 5.92 Å². The van der Waals surface area contributed by atoms with Crippen molar-refractivity contribution in [1.82, 2.24) is 4.90 Å². The highest BCUT2D eigenvalue weighted by atomic mass is 19.1. The molecular weight excluding hydrogens is 403 g/mol. The van der Waals surface area contributed by atoms with Crippen LogP contribution in [0.2, 0.25) is 0 Å². The van der Waals surface area contributed by atoms with E-state index in [2.05, 4.69) is 15.9 Å². The molecule has 1 atom stereocenters. The first kappa shape index (κ1) is 22.8. The van der Waals surface area contributed by atoms with E-state index in [-0.39, 0.29) is 23.4 Å². The zero-order chi connectivity index (χ0) is 22.3. The molecule has 32 heavy (non-hydrogen) atoms. The zero-order valence-corrected chi connectivity index (χ0v) is 19.1. The van der Waals surface area contributed by atoms with Crippen molar-refractivity contribution in [2.75, 3.05) is 44.7 Å². The molecule has 0 bridgehead atoms. The number of piperazine rings is 1.